The van der Waals surface area contributed by atoms with Gasteiger partial charge in [-0.25, -0.2) is 8.42 Å². The third kappa shape index (κ3) is 2.64. The van der Waals surface area contributed by atoms with Crippen molar-refractivity contribution < 1.29 is 18.0 Å². The van der Waals surface area contributed by atoms with E-state index in [2.05, 4.69) is 5.32 Å². The lowest BCUT2D eigenvalue weighted by Crippen LogP contribution is -2.59. The highest BCUT2D eigenvalue weighted by atomic mass is 32.2. The van der Waals surface area contributed by atoms with Crippen molar-refractivity contribution in [1.82, 2.24) is 9.62 Å². The highest BCUT2D eigenvalue weighted by molar-refractivity contribution is 7.89. The average Bonchev–Trinajstić information content (AvgIpc) is 2.37. The molecule has 0 radical (unpaired) electrons. The number of hydrogen-bond acceptors (Lipinski definition) is 5. The maximum absolute atomic E-state index is 12.8. The molecule has 1 aromatic rings. The lowest BCUT2D eigenvalue weighted by molar-refractivity contribution is -0.137. The first kappa shape index (κ1) is 15.5. The summed E-state index contributed by atoms with van der Waals surface area (Å²) in [6.45, 7) is 2.92. The molecule has 1 saturated heterocycles. The number of benzene rings is 1. The number of nitrogens with two attached hydrogens (primary N) is 1. The summed E-state index contributed by atoms with van der Waals surface area (Å²) < 4.78 is 26.5. The van der Waals surface area contributed by atoms with Crippen LogP contribution in [0.4, 0.5) is 5.69 Å². The molecule has 0 aliphatic carbocycles. The number of nitrogens with zero attached hydrogens (tertiary/aromatic N) is 1. The molecule has 1 unspecified atom stereocenters. The van der Waals surface area contributed by atoms with E-state index < -0.39 is 27.9 Å². The highest BCUT2D eigenvalue weighted by Crippen LogP contribution is 2.28. The van der Waals surface area contributed by atoms with E-state index in [-0.39, 0.29) is 23.5 Å². The number of amides is 2. The molecule has 1 aliphatic heterocycles. The van der Waals surface area contributed by atoms with E-state index in [9.17, 15) is 18.0 Å². The molecule has 7 nitrogen and oxygen atoms in total. The van der Waals surface area contributed by atoms with Crippen molar-refractivity contribution in [3.05, 3.63) is 23.8 Å². The minimum atomic E-state index is -4.02. The maximum Gasteiger partial charge on any atom is 0.246 e. The van der Waals surface area contributed by atoms with E-state index in [4.69, 9.17) is 5.73 Å². The Kier molecular flexibility index (Phi) is 4.02. The Labute approximate surface area is 123 Å². The van der Waals surface area contributed by atoms with Gasteiger partial charge in [0, 0.05) is 0 Å². The van der Waals surface area contributed by atoms with Gasteiger partial charge in [-0.15, -0.1) is 0 Å². The molecule has 2 amide bonds. The fourth-order valence-corrected chi connectivity index (χ4v) is 4.37. The number of piperazine rings is 1. The molecule has 1 atom stereocenters. The zero-order valence-corrected chi connectivity index (χ0v) is 12.6. The fourth-order valence-electron chi connectivity index (χ4n) is 2.43. The van der Waals surface area contributed by atoms with Crippen LogP contribution in [0.5, 0.6) is 0 Å². The first-order chi connectivity index (χ1) is 9.78. The van der Waals surface area contributed by atoms with Crippen molar-refractivity contribution >= 4 is 27.5 Å². The minimum Gasteiger partial charge on any atom is -0.398 e. The van der Waals surface area contributed by atoms with Crippen LogP contribution in [0.25, 0.3) is 0 Å². The molecule has 1 fully saturated rings. The fraction of sp³-hybridized carbons (Fsp3) is 0.385. The molecule has 3 N–H and O–H groups in total. The number of nitrogen functional groups attached to an aromatic ring is 1. The average molecular weight is 311 g/mol. The van der Waals surface area contributed by atoms with Crippen LogP contribution in [0.15, 0.2) is 23.1 Å². The number of anilines is 1. The molecular formula is C13H17N3O4S. The van der Waals surface area contributed by atoms with E-state index in [1.54, 1.807) is 26.0 Å². The van der Waals surface area contributed by atoms with E-state index in [1.165, 1.54) is 6.07 Å². The van der Waals surface area contributed by atoms with Gasteiger partial charge in [0.25, 0.3) is 0 Å². The largest absolute Gasteiger partial charge is 0.398 e. The Bertz CT molecular complexity index is 679. The Balaban J connectivity index is 2.56. The quantitative estimate of drug-likeness (QED) is 0.603. The van der Waals surface area contributed by atoms with Crippen molar-refractivity contribution in [2.45, 2.75) is 31.2 Å². The molecule has 0 spiro atoms. The van der Waals surface area contributed by atoms with Crippen LogP contribution < -0.4 is 11.1 Å². The molecule has 2 rings (SSSR count). The van der Waals surface area contributed by atoms with Gasteiger partial charge in [0.2, 0.25) is 21.8 Å². The summed E-state index contributed by atoms with van der Waals surface area (Å²) >= 11 is 0. The third-order valence-corrected chi connectivity index (χ3v) is 5.48. The number of sulfonamides is 1. The van der Waals surface area contributed by atoms with Crippen LogP contribution in [0.1, 0.15) is 18.9 Å². The summed E-state index contributed by atoms with van der Waals surface area (Å²) in [5.74, 6) is -1.25. The van der Waals surface area contributed by atoms with Crippen LogP contribution in [-0.2, 0) is 19.6 Å². The molecule has 0 bridgehead atoms. The summed E-state index contributed by atoms with van der Waals surface area (Å²) in [7, 11) is -4.02. The van der Waals surface area contributed by atoms with Crippen LogP contribution in [-0.4, -0.2) is 37.1 Å². The predicted molar refractivity (Wildman–Crippen MR) is 76.7 cm³/mol. The SMILES string of the molecule is CCC1C(=O)NC(=O)CN1S(=O)(=O)c1c(C)cccc1N. The van der Waals surface area contributed by atoms with Gasteiger partial charge >= 0.3 is 0 Å². The smallest absolute Gasteiger partial charge is 0.246 e. The number of hydrogen-bond donors (Lipinski definition) is 2. The second-order valence-electron chi connectivity index (χ2n) is 4.88. The number of rotatable bonds is 3. The van der Waals surface area contributed by atoms with Crippen LogP contribution in [0.2, 0.25) is 0 Å². The number of nitrogens with one attached hydrogen (secondary N) is 1. The Morgan fingerprint density at radius 3 is 2.62 bits per heavy atom. The van der Waals surface area contributed by atoms with Crippen LogP contribution in [0.3, 0.4) is 0 Å². The summed E-state index contributed by atoms with van der Waals surface area (Å²) in [6, 6.07) is 3.84. The number of imide groups is 1. The molecule has 114 valence electrons. The van der Waals surface area contributed by atoms with Gasteiger partial charge in [-0.05, 0) is 25.0 Å². The first-order valence-corrected chi connectivity index (χ1v) is 7.93. The van der Waals surface area contributed by atoms with Gasteiger partial charge in [-0.2, -0.15) is 4.31 Å². The maximum atomic E-state index is 12.8. The third-order valence-electron chi connectivity index (χ3n) is 3.41. The van der Waals surface area contributed by atoms with Crippen molar-refractivity contribution in [1.29, 1.82) is 0 Å². The van der Waals surface area contributed by atoms with Crippen LogP contribution in [0, 0.1) is 6.92 Å². The summed E-state index contributed by atoms with van der Waals surface area (Å²) in [5, 5.41) is 2.15. The molecule has 0 aromatic heterocycles. The van der Waals surface area contributed by atoms with Gasteiger partial charge < -0.3 is 5.73 Å². The summed E-state index contributed by atoms with van der Waals surface area (Å²) in [5.41, 5.74) is 6.35. The second-order valence-corrected chi connectivity index (χ2v) is 6.71. The van der Waals surface area contributed by atoms with Gasteiger partial charge in [0.1, 0.15) is 10.9 Å². The Morgan fingerprint density at radius 1 is 1.38 bits per heavy atom. The predicted octanol–water partition coefficient (Wildman–Crippen LogP) is 0.00292. The van der Waals surface area contributed by atoms with Crippen molar-refractivity contribution in [3.8, 4) is 0 Å². The standard InChI is InChI=1S/C13H17N3O4S/c1-3-10-13(18)15-11(17)7-16(10)21(19,20)12-8(2)5-4-6-9(12)14/h4-6,10H,3,7,14H2,1-2H3,(H,15,17,18). The van der Waals surface area contributed by atoms with Crippen LogP contribution >= 0.6 is 0 Å². The van der Waals surface area contributed by atoms with Gasteiger partial charge in [0.05, 0.1) is 12.2 Å². The molecule has 21 heavy (non-hydrogen) atoms. The lowest BCUT2D eigenvalue weighted by Gasteiger charge is -2.33. The van der Waals surface area contributed by atoms with Gasteiger partial charge in [-0.3, -0.25) is 14.9 Å². The number of carbonyl (C=O) groups is 2. The normalized spacial score (nSPS) is 20.4. The molecule has 1 heterocycles. The molecule has 0 saturated carbocycles. The topological polar surface area (TPSA) is 110 Å². The highest BCUT2D eigenvalue weighted by Gasteiger charge is 2.41. The molecule has 1 aromatic carbocycles. The second kappa shape index (κ2) is 5.45. The lowest BCUT2D eigenvalue weighted by atomic mass is 10.2. The number of carbonyl (C=O) groups excluding carboxylic acids is 2. The van der Waals surface area contributed by atoms with Crippen molar-refractivity contribution in [2.24, 2.45) is 0 Å². The van der Waals surface area contributed by atoms with E-state index in [0.717, 1.165) is 4.31 Å². The van der Waals surface area contributed by atoms with E-state index >= 15 is 0 Å². The van der Waals surface area contributed by atoms with E-state index in [0.29, 0.717) is 5.56 Å². The molecule has 1 aliphatic rings. The molecule has 8 heteroatoms. The Hall–Kier alpha value is -1.93. The van der Waals surface area contributed by atoms with E-state index in [1.807, 2.05) is 0 Å². The Morgan fingerprint density at radius 2 is 2.05 bits per heavy atom. The zero-order valence-electron chi connectivity index (χ0n) is 11.8. The van der Waals surface area contributed by atoms with Gasteiger partial charge in [-0.1, -0.05) is 19.1 Å². The molecular weight excluding hydrogens is 294 g/mol. The van der Waals surface area contributed by atoms with Crippen molar-refractivity contribution in [2.75, 3.05) is 12.3 Å². The van der Waals surface area contributed by atoms with Gasteiger partial charge in [0.15, 0.2) is 0 Å². The monoisotopic (exact) mass is 311 g/mol. The zero-order chi connectivity index (χ0) is 15.8. The summed E-state index contributed by atoms with van der Waals surface area (Å²) in [4.78, 5) is 23.3. The minimum absolute atomic E-state index is 0.0500. The summed E-state index contributed by atoms with van der Waals surface area (Å²) in [6.07, 6.45) is 0.268. The number of aryl methyl sites for hydroxylation is 1. The van der Waals surface area contributed by atoms with Crippen molar-refractivity contribution in [3.63, 3.8) is 0 Å². The first-order valence-electron chi connectivity index (χ1n) is 6.49.